The minimum Gasteiger partial charge on any atom is -0.455 e. The summed E-state index contributed by atoms with van der Waals surface area (Å²) in [6.07, 6.45) is 4.39. The highest BCUT2D eigenvalue weighted by molar-refractivity contribution is 7.16. The van der Waals surface area contributed by atoms with Crippen molar-refractivity contribution in [2.75, 3.05) is 5.32 Å². The van der Waals surface area contributed by atoms with Crippen molar-refractivity contribution in [2.45, 2.75) is 40.0 Å². The molecule has 1 amide bonds. The molecule has 1 aliphatic rings. The van der Waals surface area contributed by atoms with Crippen molar-refractivity contribution in [3.8, 4) is 11.3 Å². The van der Waals surface area contributed by atoms with Crippen LogP contribution in [0.4, 0.5) is 16.4 Å². The number of nitrogens with zero attached hydrogens (tertiary/aromatic N) is 2. The third kappa shape index (κ3) is 5.82. The Kier molecular flexibility index (Phi) is 7.42. The van der Waals surface area contributed by atoms with E-state index in [1.54, 1.807) is 35.8 Å². The molecule has 0 saturated heterocycles. The summed E-state index contributed by atoms with van der Waals surface area (Å²) in [4.78, 5) is 29.9. The molecule has 0 aliphatic heterocycles. The number of hydrogen-bond donors (Lipinski definition) is 1. The smallest absolute Gasteiger partial charge is 0.270 e. The maximum absolute atomic E-state index is 13.5. The van der Waals surface area contributed by atoms with E-state index in [0.717, 1.165) is 30.5 Å². The Morgan fingerprint density at radius 3 is 2.64 bits per heavy atom. The predicted octanol–water partition coefficient (Wildman–Crippen LogP) is 8.72. The zero-order valence-electron chi connectivity index (χ0n) is 21.9. The monoisotopic (exact) mass is 561 g/mol. The van der Waals surface area contributed by atoms with Gasteiger partial charge < -0.3 is 9.73 Å². The van der Waals surface area contributed by atoms with E-state index in [-0.39, 0.29) is 22.0 Å². The van der Waals surface area contributed by atoms with Crippen molar-refractivity contribution in [3.63, 3.8) is 0 Å². The SMILES string of the molecule is CC(C)(C)[C@H]1CCc2c(sc(N=Cc3ccc(-c4ccc([N+](=O)[O-])cc4Cl)o3)c2C(=O)Nc2ccccc2)C1. The van der Waals surface area contributed by atoms with Gasteiger partial charge in [-0.05, 0) is 66.5 Å². The fourth-order valence-corrected chi connectivity index (χ4v) is 6.39. The number of nitro groups is 1. The van der Waals surface area contributed by atoms with Crippen molar-refractivity contribution in [3.05, 3.63) is 97.6 Å². The van der Waals surface area contributed by atoms with E-state index < -0.39 is 4.92 Å². The number of nitrogens with one attached hydrogen (secondary N) is 1. The number of nitro benzene ring substituents is 1. The van der Waals surface area contributed by atoms with Gasteiger partial charge in [0.05, 0.1) is 21.7 Å². The number of benzene rings is 2. The second kappa shape index (κ2) is 10.8. The Morgan fingerprint density at radius 2 is 1.95 bits per heavy atom. The van der Waals surface area contributed by atoms with Crippen LogP contribution in [0.1, 0.15) is 53.8 Å². The van der Waals surface area contributed by atoms with E-state index >= 15 is 0 Å². The Hall–Kier alpha value is -3.75. The highest BCUT2D eigenvalue weighted by Crippen LogP contribution is 2.45. The minimum atomic E-state index is -0.494. The van der Waals surface area contributed by atoms with Gasteiger partial charge in [-0.15, -0.1) is 11.3 Å². The first-order valence-corrected chi connectivity index (χ1v) is 13.9. The van der Waals surface area contributed by atoms with Crippen LogP contribution >= 0.6 is 22.9 Å². The lowest BCUT2D eigenvalue weighted by Crippen LogP contribution is -2.27. The van der Waals surface area contributed by atoms with Gasteiger partial charge in [0, 0.05) is 28.3 Å². The molecule has 1 aliphatic carbocycles. The maximum atomic E-state index is 13.5. The van der Waals surface area contributed by atoms with Crippen LogP contribution < -0.4 is 5.32 Å². The highest BCUT2D eigenvalue weighted by atomic mass is 35.5. The molecule has 1 atom stereocenters. The number of rotatable bonds is 6. The number of amides is 1. The van der Waals surface area contributed by atoms with E-state index in [1.807, 2.05) is 30.3 Å². The first-order valence-electron chi connectivity index (χ1n) is 12.7. The number of thiophene rings is 1. The van der Waals surface area contributed by atoms with Gasteiger partial charge in [-0.2, -0.15) is 0 Å². The lowest BCUT2D eigenvalue weighted by atomic mass is 9.72. The Labute approximate surface area is 235 Å². The van der Waals surface area contributed by atoms with Gasteiger partial charge in [-0.1, -0.05) is 50.6 Å². The molecule has 0 spiro atoms. The van der Waals surface area contributed by atoms with Crippen molar-refractivity contribution in [1.82, 2.24) is 0 Å². The van der Waals surface area contributed by atoms with Crippen molar-refractivity contribution >= 4 is 51.4 Å². The Balaban J connectivity index is 1.46. The number of anilines is 1. The number of aliphatic imine (C=N–C) groups is 1. The molecule has 5 rings (SSSR count). The average Bonchev–Trinajstić information content (AvgIpc) is 3.51. The first kappa shape index (κ1) is 26.8. The Bertz CT molecular complexity index is 1570. The van der Waals surface area contributed by atoms with Gasteiger partial charge in [-0.25, -0.2) is 4.99 Å². The molecule has 2 heterocycles. The van der Waals surface area contributed by atoms with Crippen LogP contribution in [0.25, 0.3) is 11.3 Å². The summed E-state index contributed by atoms with van der Waals surface area (Å²) >= 11 is 7.84. The maximum Gasteiger partial charge on any atom is 0.270 e. The van der Waals surface area contributed by atoms with E-state index in [9.17, 15) is 14.9 Å². The number of halogens is 1. The summed E-state index contributed by atoms with van der Waals surface area (Å²) in [5.74, 6) is 1.31. The van der Waals surface area contributed by atoms with Crippen molar-refractivity contribution in [2.24, 2.45) is 16.3 Å². The third-order valence-electron chi connectivity index (χ3n) is 7.09. The van der Waals surface area contributed by atoms with Gasteiger partial charge in [-0.3, -0.25) is 14.9 Å². The summed E-state index contributed by atoms with van der Waals surface area (Å²) in [7, 11) is 0. The Morgan fingerprint density at radius 1 is 1.18 bits per heavy atom. The number of fused-ring (bicyclic) bond motifs is 1. The number of hydrogen-bond acceptors (Lipinski definition) is 6. The number of furan rings is 1. The van der Waals surface area contributed by atoms with Crippen molar-refractivity contribution < 1.29 is 14.1 Å². The van der Waals surface area contributed by atoms with Crippen LogP contribution in [0.2, 0.25) is 5.02 Å². The summed E-state index contributed by atoms with van der Waals surface area (Å²) < 4.78 is 5.93. The van der Waals surface area contributed by atoms with Gasteiger partial charge in [0.25, 0.3) is 11.6 Å². The number of carbonyl (C=O) groups excluding carboxylic acids is 1. The number of para-hydroxylation sites is 1. The fraction of sp³-hybridized carbons (Fsp3) is 0.267. The summed E-state index contributed by atoms with van der Waals surface area (Å²) in [5.41, 5.74) is 3.07. The lowest BCUT2D eigenvalue weighted by molar-refractivity contribution is -0.384. The minimum absolute atomic E-state index is 0.0891. The van der Waals surface area contributed by atoms with Crippen LogP contribution in [0.3, 0.4) is 0 Å². The topological polar surface area (TPSA) is 97.7 Å². The summed E-state index contributed by atoms with van der Waals surface area (Å²) in [6.45, 7) is 6.80. The average molecular weight is 562 g/mol. The zero-order valence-corrected chi connectivity index (χ0v) is 23.4. The predicted molar refractivity (Wildman–Crippen MR) is 157 cm³/mol. The normalized spacial score (nSPS) is 15.3. The molecule has 0 fully saturated rings. The molecular formula is C30H28ClN3O4S. The molecule has 39 heavy (non-hydrogen) atoms. The largest absolute Gasteiger partial charge is 0.455 e. The summed E-state index contributed by atoms with van der Waals surface area (Å²) in [6, 6.07) is 17.1. The first-order chi connectivity index (χ1) is 18.6. The second-order valence-electron chi connectivity index (χ2n) is 10.7. The number of carbonyl (C=O) groups is 1. The van der Waals surface area contributed by atoms with Crippen LogP contribution in [-0.4, -0.2) is 17.0 Å². The van der Waals surface area contributed by atoms with Crippen molar-refractivity contribution in [1.29, 1.82) is 0 Å². The van der Waals surface area contributed by atoms with E-state index in [2.05, 4.69) is 26.1 Å². The molecular weight excluding hydrogens is 534 g/mol. The quantitative estimate of drug-likeness (QED) is 0.144. The summed E-state index contributed by atoms with van der Waals surface area (Å²) in [5, 5.41) is 14.9. The molecule has 0 saturated carbocycles. The van der Waals surface area contributed by atoms with E-state index in [1.165, 1.54) is 17.0 Å². The third-order valence-corrected chi connectivity index (χ3v) is 8.57. The molecule has 1 N–H and O–H groups in total. The van der Waals surface area contributed by atoms with E-state index in [4.69, 9.17) is 21.0 Å². The van der Waals surface area contributed by atoms with Crippen LogP contribution in [-0.2, 0) is 12.8 Å². The van der Waals surface area contributed by atoms with Crippen LogP contribution in [0.5, 0.6) is 0 Å². The molecule has 0 bridgehead atoms. The number of non-ortho nitro benzene ring substituents is 1. The van der Waals surface area contributed by atoms with Gasteiger partial charge >= 0.3 is 0 Å². The second-order valence-corrected chi connectivity index (χ2v) is 12.2. The van der Waals surface area contributed by atoms with E-state index in [0.29, 0.717) is 33.6 Å². The zero-order chi connectivity index (χ0) is 27.7. The molecule has 0 unspecified atom stereocenters. The van der Waals surface area contributed by atoms with Gasteiger partial charge in [0.15, 0.2) is 0 Å². The molecule has 200 valence electrons. The molecule has 2 aromatic carbocycles. The highest BCUT2D eigenvalue weighted by Gasteiger charge is 2.33. The fourth-order valence-electron chi connectivity index (χ4n) is 4.86. The molecule has 9 heteroatoms. The molecule has 0 radical (unpaired) electrons. The van der Waals surface area contributed by atoms with Crippen LogP contribution in [0.15, 0.2) is 70.1 Å². The lowest BCUT2D eigenvalue weighted by Gasteiger charge is -2.33. The molecule has 4 aromatic rings. The van der Waals surface area contributed by atoms with Gasteiger partial charge in [0.2, 0.25) is 0 Å². The standard InChI is InChI=1S/C30H28ClN3O4S/c1-30(2,3)18-9-12-23-26(15-18)39-29(27(23)28(35)33-19-7-5-4-6-8-19)32-17-21-11-14-25(38-21)22-13-10-20(34(36)37)16-24(22)31/h4-8,10-11,13-14,16-18H,9,12,15H2,1-3H3,(H,33,35)/t18-/m0/s1. The molecule has 2 aromatic heterocycles. The molecule has 7 nitrogen and oxygen atoms in total. The van der Waals surface area contributed by atoms with Gasteiger partial charge in [0.1, 0.15) is 16.5 Å². The van der Waals surface area contributed by atoms with Crippen LogP contribution in [0, 0.1) is 21.4 Å².